The third kappa shape index (κ3) is 6.28. The van der Waals surface area contributed by atoms with E-state index in [-0.39, 0.29) is 12.6 Å². The maximum absolute atomic E-state index is 8.60. The van der Waals surface area contributed by atoms with E-state index >= 15 is 0 Å². The molecular weight excluding hydrogens is 140 g/mol. The molecule has 0 saturated heterocycles. The number of nitrogens with two attached hydrogens (primary N) is 2. The number of aliphatic hydroxyl groups excluding tert-OH is 1. The van der Waals surface area contributed by atoms with Crippen LogP contribution in [0.15, 0.2) is 0 Å². The second-order valence-corrected chi connectivity index (χ2v) is 3.04. The molecule has 0 aliphatic carbocycles. The van der Waals surface area contributed by atoms with E-state index in [4.69, 9.17) is 16.6 Å². The van der Waals surface area contributed by atoms with Crippen LogP contribution in [0.25, 0.3) is 0 Å². The Hall–Kier alpha value is -0.120. The minimum atomic E-state index is -0.0564. The van der Waals surface area contributed by atoms with Gasteiger partial charge in [0.1, 0.15) is 0 Å². The van der Waals surface area contributed by atoms with Crippen molar-refractivity contribution in [3.05, 3.63) is 0 Å². The first-order valence-corrected chi connectivity index (χ1v) is 4.32. The Balaban J connectivity index is 3.13. The number of hydrogen-bond donors (Lipinski definition) is 3. The van der Waals surface area contributed by atoms with E-state index in [0.29, 0.717) is 6.04 Å². The summed E-state index contributed by atoms with van der Waals surface area (Å²) in [6, 6.07) is 0.250. The highest BCUT2D eigenvalue weighted by Crippen LogP contribution is 2.03. The van der Waals surface area contributed by atoms with Gasteiger partial charge in [0.25, 0.3) is 0 Å². The van der Waals surface area contributed by atoms with E-state index in [1.807, 2.05) is 0 Å². The van der Waals surface area contributed by atoms with E-state index in [2.05, 4.69) is 6.92 Å². The Bertz CT molecular complexity index is 78.2. The maximum atomic E-state index is 8.60. The van der Waals surface area contributed by atoms with Crippen LogP contribution in [0.1, 0.15) is 32.6 Å². The predicted molar refractivity (Wildman–Crippen MR) is 47.2 cm³/mol. The molecule has 0 bridgehead atoms. The molecule has 0 aliphatic rings. The molecule has 0 saturated carbocycles. The lowest BCUT2D eigenvalue weighted by Crippen LogP contribution is -2.25. The van der Waals surface area contributed by atoms with Gasteiger partial charge in [0, 0.05) is 12.1 Å². The predicted octanol–water partition coefficient (Wildman–Crippen LogP) is 0.214. The van der Waals surface area contributed by atoms with Crippen LogP contribution in [0.2, 0.25) is 0 Å². The summed E-state index contributed by atoms with van der Waals surface area (Å²) in [5.74, 6) is 0. The maximum Gasteiger partial charge on any atom is 0.0582 e. The quantitative estimate of drug-likeness (QED) is 0.520. The summed E-state index contributed by atoms with van der Waals surface area (Å²) in [7, 11) is 0. The monoisotopic (exact) mass is 160 g/mol. The second-order valence-electron chi connectivity index (χ2n) is 3.04. The molecule has 3 heteroatoms. The van der Waals surface area contributed by atoms with Crippen LogP contribution >= 0.6 is 0 Å². The van der Waals surface area contributed by atoms with Gasteiger partial charge in [0.05, 0.1) is 6.61 Å². The number of rotatable bonds is 6. The molecule has 11 heavy (non-hydrogen) atoms. The number of hydrogen-bond acceptors (Lipinski definition) is 3. The van der Waals surface area contributed by atoms with E-state index < -0.39 is 0 Å². The molecule has 0 rings (SSSR count). The van der Waals surface area contributed by atoms with Gasteiger partial charge in [-0.15, -0.1) is 0 Å². The van der Waals surface area contributed by atoms with Crippen LogP contribution in [0.5, 0.6) is 0 Å². The van der Waals surface area contributed by atoms with E-state index in [1.165, 1.54) is 0 Å². The number of aliphatic hydroxyl groups is 1. The standard InChI is InChI=1S/C8H20N2O/c1-2-7(9)4-3-5-8(10)6-11/h7-8,11H,2-6,9-10H2,1H3. The Morgan fingerprint density at radius 2 is 1.73 bits per heavy atom. The zero-order chi connectivity index (χ0) is 8.69. The molecule has 0 fully saturated rings. The Labute approximate surface area is 68.8 Å². The summed E-state index contributed by atoms with van der Waals surface area (Å²) in [6.07, 6.45) is 3.94. The molecule has 0 aliphatic heterocycles. The summed E-state index contributed by atoms with van der Waals surface area (Å²) in [4.78, 5) is 0. The lowest BCUT2D eigenvalue weighted by Gasteiger charge is -2.10. The molecule has 2 unspecified atom stereocenters. The topological polar surface area (TPSA) is 72.3 Å². The largest absolute Gasteiger partial charge is 0.395 e. The van der Waals surface area contributed by atoms with Crippen LogP contribution < -0.4 is 11.5 Å². The van der Waals surface area contributed by atoms with Crippen molar-refractivity contribution >= 4 is 0 Å². The first-order chi connectivity index (χ1) is 5.20. The zero-order valence-electron chi connectivity index (χ0n) is 7.29. The first kappa shape index (κ1) is 10.9. The lowest BCUT2D eigenvalue weighted by atomic mass is 10.1. The molecule has 0 spiro atoms. The molecular formula is C8H20N2O. The van der Waals surface area contributed by atoms with Gasteiger partial charge >= 0.3 is 0 Å². The smallest absolute Gasteiger partial charge is 0.0582 e. The van der Waals surface area contributed by atoms with Crippen molar-refractivity contribution in [3.63, 3.8) is 0 Å². The lowest BCUT2D eigenvalue weighted by molar-refractivity contribution is 0.257. The van der Waals surface area contributed by atoms with Crippen molar-refractivity contribution in [2.45, 2.75) is 44.7 Å². The Morgan fingerprint density at radius 3 is 2.18 bits per heavy atom. The fourth-order valence-corrected chi connectivity index (χ4v) is 0.938. The van der Waals surface area contributed by atoms with Crippen LogP contribution in [0.3, 0.4) is 0 Å². The highest BCUT2D eigenvalue weighted by molar-refractivity contribution is 4.63. The van der Waals surface area contributed by atoms with Crippen LogP contribution in [0.4, 0.5) is 0 Å². The van der Waals surface area contributed by atoms with Crippen LogP contribution in [0, 0.1) is 0 Å². The summed E-state index contributed by atoms with van der Waals surface area (Å²) in [5, 5.41) is 8.60. The average molecular weight is 160 g/mol. The fourth-order valence-electron chi connectivity index (χ4n) is 0.938. The molecule has 0 amide bonds. The Morgan fingerprint density at radius 1 is 1.18 bits per heavy atom. The minimum Gasteiger partial charge on any atom is -0.395 e. The second kappa shape index (κ2) is 6.58. The first-order valence-electron chi connectivity index (χ1n) is 4.32. The SMILES string of the molecule is CCC(N)CCCC(N)CO. The van der Waals surface area contributed by atoms with Crippen molar-refractivity contribution in [3.8, 4) is 0 Å². The Kier molecular flexibility index (Phi) is 6.51. The van der Waals surface area contributed by atoms with E-state index in [9.17, 15) is 0 Å². The van der Waals surface area contributed by atoms with Gasteiger partial charge in [0.15, 0.2) is 0 Å². The molecule has 0 aromatic rings. The summed E-state index contributed by atoms with van der Waals surface area (Å²) in [6.45, 7) is 2.16. The summed E-state index contributed by atoms with van der Waals surface area (Å²) in [5.41, 5.74) is 11.2. The molecule has 2 atom stereocenters. The van der Waals surface area contributed by atoms with Gasteiger partial charge in [-0.25, -0.2) is 0 Å². The fraction of sp³-hybridized carbons (Fsp3) is 1.00. The molecule has 5 N–H and O–H groups in total. The molecule has 0 aromatic carbocycles. The molecule has 0 heterocycles. The van der Waals surface area contributed by atoms with Gasteiger partial charge in [-0.3, -0.25) is 0 Å². The molecule has 0 aromatic heterocycles. The van der Waals surface area contributed by atoms with Crippen molar-refractivity contribution in [2.24, 2.45) is 11.5 Å². The van der Waals surface area contributed by atoms with Gasteiger partial charge in [-0.2, -0.15) is 0 Å². The molecule has 68 valence electrons. The van der Waals surface area contributed by atoms with Crippen molar-refractivity contribution in [1.29, 1.82) is 0 Å². The van der Waals surface area contributed by atoms with Crippen molar-refractivity contribution in [1.82, 2.24) is 0 Å². The van der Waals surface area contributed by atoms with Crippen molar-refractivity contribution in [2.75, 3.05) is 6.61 Å². The van der Waals surface area contributed by atoms with Crippen LogP contribution in [-0.4, -0.2) is 23.8 Å². The van der Waals surface area contributed by atoms with E-state index in [0.717, 1.165) is 25.7 Å². The van der Waals surface area contributed by atoms with Gasteiger partial charge < -0.3 is 16.6 Å². The minimum absolute atomic E-state index is 0.0564. The van der Waals surface area contributed by atoms with Crippen molar-refractivity contribution < 1.29 is 5.11 Å². The van der Waals surface area contributed by atoms with Gasteiger partial charge in [0.2, 0.25) is 0 Å². The molecule has 0 radical (unpaired) electrons. The zero-order valence-corrected chi connectivity index (χ0v) is 7.29. The highest BCUT2D eigenvalue weighted by Gasteiger charge is 2.02. The summed E-state index contributed by atoms with van der Waals surface area (Å²) >= 11 is 0. The average Bonchev–Trinajstić information content (AvgIpc) is 2.04. The van der Waals surface area contributed by atoms with Crippen LogP contribution in [-0.2, 0) is 0 Å². The third-order valence-corrected chi connectivity index (χ3v) is 1.91. The normalized spacial score (nSPS) is 16.4. The van der Waals surface area contributed by atoms with Gasteiger partial charge in [-0.1, -0.05) is 13.3 Å². The van der Waals surface area contributed by atoms with E-state index in [1.54, 1.807) is 0 Å². The molecule has 3 nitrogen and oxygen atoms in total. The summed E-state index contributed by atoms with van der Waals surface area (Å²) < 4.78 is 0. The van der Waals surface area contributed by atoms with Gasteiger partial charge in [-0.05, 0) is 19.3 Å². The highest BCUT2D eigenvalue weighted by atomic mass is 16.3. The third-order valence-electron chi connectivity index (χ3n) is 1.91.